The van der Waals surface area contributed by atoms with Gasteiger partial charge in [-0.2, -0.15) is 0 Å². The summed E-state index contributed by atoms with van der Waals surface area (Å²) >= 11 is 5.94. The van der Waals surface area contributed by atoms with Crippen LogP contribution < -0.4 is 15.5 Å². The molecule has 3 amide bonds. The van der Waals surface area contributed by atoms with Gasteiger partial charge in [-0.25, -0.2) is 4.39 Å². The van der Waals surface area contributed by atoms with Crippen molar-refractivity contribution in [2.24, 2.45) is 0 Å². The van der Waals surface area contributed by atoms with E-state index in [1.807, 2.05) is 19.1 Å². The number of halogens is 2. The van der Waals surface area contributed by atoms with Gasteiger partial charge in [0, 0.05) is 28.2 Å². The number of hydrogen-bond acceptors (Lipinski definition) is 4. The first kappa shape index (κ1) is 27.8. The second-order valence-corrected chi connectivity index (χ2v) is 10.9. The maximum atomic E-state index is 13.8. The predicted octanol–water partition coefficient (Wildman–Crippen LogP) is 4.35. The third-order valence-electron chi connectivity index (χ3n) is 6.08. The lowest BCUT2D eigenvalue weighted by molar-refractivity contribution is -0.126. The van der Waals surface area contributed by atoms with Crippen LogP contribution in [0, 0.1) is 12.7 Å². The fourth-order valence-electron chi connectivity index (χ4n) is 4.14. The van der Waals surface area contributed by atoms with Crippen molar-refractivity contribution in [1.82, 2.24) is 5.32 Å². The quantitative estimate of drug-likeness (QED) is 0.499. The number of carbonyl (C=O) groups excluding carboxylic acids is 3. The summed E-state index contributed by atoms with van der Waals surface area (Å²) in [7, 11) is -1.84. The molecular weight excluding hydrogens is 505 g/mol. The fraction of sp³-hybridized carbons (Fsp3) is 0.423. The summed E-state index contributed by atoms with van der Waals surface area (Å²) in [5, 5.41) is 5.44. The predicted molar refractivity (Wildman–Crippen MR) is 141 cm³/mol. The molecule has 0 unspecified atom stereocenters. The van der Waals surface area contributed by atoms with E-state index in [-0.39, 0.29) is 28.4 Å². The van der Waals surface area contributed by atoms with Crippen LogP contribution in [-0.2, 0) is 25.2 Å². The Morgan fingerprint density at radius 3 is 2.39 bits per heavy atom. The van der Waals surface area contributed by atoms with Gasteiger partial charge in [0.2, 0.25) is 17.7 Å². The Hall–Kier alpha value is -2.78. The molecule has 1 saturated carbocycles. The summed E-state index contributed by atoms with van der Waals surface area (Å²) in [5.74, 6) is -3.03. The molecule has 0 saturated heterocycles. The Labute approximate surface area is 218 Å². The molecule has 0 spiro atoms. The summed E-state index contributed by atoms with van der Waals surface area (Å²) in [4.78, 5) is 39.8. The van der Waals surface area contributed by atoms with Crippen LogP contribution in [0.3, 0.4) is 0 Å². The monoisotopic (exact) mass is 535 g/mol. The minimum absolute atomic E-state index is 0.0297. The van der Waals surface area contributed by atoms with Crippen LogP contribution in [0.1, 0.15) is 44.6 Å². The van der Waals surface area contributed by atoms with E-state index in [4.69, 9.17) is 11.6 Å². The Balaban J connectivity index is 1.70. The van der Waals surface area contributed by atoms with E-state index in [0.717, 1.165) is 43.7 Å². The maximum Gasteiger partial charge on any atom is 0.243 e. The smallest absolute Gasteiger partial charge is 0.243 e. The first-order valence-electron chi connectivity index (χ1n) is 11.9. The van der Waals surface area contributed by atoms with E-state index in [9.17, 15) is 23.0 Å². The number of aryl methyl sites for hydroxylation is 1. The summed E-state index contributed by atoms with van der Waals surface area (Å²) in [5.41, 5.74) is 1.80. The van der Waals surface area contributed by atoms with Crippen molar-refractivity contribution in [2.45, 2.75) is 58.0 Å². The zero-order chi connectivity index (χ0) is 26.2. The number of carbonyl (C=O) groups is 3. The maximum absolute atomic E-state index is 13.8. The third-order valence-corrected chi connectivity index (χ3v) is 7.52. The molecule has 2 atom stereocenters. The van der Waals surface area contributed by atoms with E-state index in [1.165, 1.54) is 17.0 Å². The molecule has 2 N–H and O–H groups in total. The molecule has 0 aromatic heterocycles. The van der Waals surface area contributed by atoms with Crippen LogP contribution in [0.4, 0.5) is 15.8 Å². The second kappa shape index (κ2) is 13.0. The van der Waals surface area contributed by atoms with E-state index in [1.54, 1.807) is 19.1 Å². The number of nitrogens with one attached hydrogen (secondary N) is 2. The SMILES string of the molecule is Cc1ccc(NC(=O)C[S@@](=O)CC(=O)N(c2ccc(F)c(Cl)c2)[C@@H](C)C(=O)NC2CCCCC2)cc1. The number of benzene rings is 2. The minimum atomic E-state index is -1.84. The molecule has 1 aliphatic carbocycles. The molecule has 7 nitrogen and oxygen atoms in total. The topological polar surface area (TPSA) is 95.6 Å². The number of hydrogen-bond donors (Lipinski definition) is 2. The normalized spacial score (nSPS) is 15.6. The van der Waals surface area contributed by atoms with Gasteiger partial charge in [0.1, 0.15) is 23.4 Å². The van der Waals surface area contributed by atoms with Crippen LogP contribution in [0.5, 0.6) is 0 Å². The molecular formula is C26H31ClFN3O4S. The Morgan fingerprint density at radius 2 is 1.75 bits per heavy atom. The highest BCUT2D eigenvalue weighted by Gasteiger charge is 2.30. The van der Waals surface area contributed by atoms with E-state index < -0.39 is 40.2 Å². The van der Waals surface area contributed by atoms with Crippen molar-refractivity contribution in [3.05, 3.63) is 58.9 Å². The zero-order valence-electron chi connectivity index (χ0n) is 20.4. The number of anilines is 2. The van der Waals surface area contributed by atoms with Gasteiger partial charge in [-0.3, -0.25) is 23.5 Å². The van der Waals surface area contributed by atoms with Crippen LogP contribution >= 0.6 is 11.6 Å². The lowest BCUT2D eigenvalue weighted by atomic mass is 9.95. The van der Waals surface area contributed by atoms with Crippen molar-refractivity contribution >= 4 is 51.5 Å². The van der Waals surface area contributed by atoms with Crippen LogP contribution in [-0.4, -0.2) is 45.5 Å². The molecule has 0 radical (unpaired) electrons. The van der Waals surface area contributed by atoms with E-state index in [2.05, 4.69) is 10.6 Å². The molecule has 2 aromatic rings. The van der Waals surface area contributed by atoms with E-state index >= 15 is 0 Å². The lowest BCUT2D eigenvalue weighted by Gasteiger charge is -2.31. The Morgan fingerprint density at radius 1 is 1.08 bits per heavy atom. The number of amides is 3. The van der Waals surface area contributed by atoms with Gasteiger partial charge in [0.05, 0.1) is 5.02 Å². The first-order chi connectivity index (χ1) is 17.1. The van der Waals surface area contributed by atoms with Crippen molar-refractivity contribution in [2.75, 3.05) is 21.7 Å². The van der Waals surface area contributed by atoms with Crippen LogP contribution in [0.15, 0.2) is 42.5 Å². The molecule has 3 rings (SSSR count). The molecule has 0 heterocycles. The zero-order valence-corrected chi connectivity index (χ0v) is 22.0. The van der Waals surface area contributed by atoms with Crippen molar-refractivity contribution in [3.8, 4) is 0 Å². The summed E-state index contributed by atoms with van der Waals surface area (Å²) < 4.78 is 26.5. The highest BCUT2D eigenvalue weighted by atomic mass is 35.5. The Bertz CT molecular complexity index is 1120. The first-order valence-corrected chi connectivity index (χ1v) is 13.8. The minimum Gasteiger partial charge on any atom is -0.352 e. The van der Waals surface area contributed by atoms with Gasteiger partial charge in [-0.15, -0.1) is 0 Å². The van der Waals surface area contributed by atoms with Gasteiger partial charge in [0.25, 0.3) is 0 Å². The molecule has 0 aliphatic heterocycles. The van der Waals surface area contributed by atoms with Gasteiger partial charge in [0.15, 0.2) is 0 Å². The second-order valence-electron chi connectivity index (χ2n) is 9.02. The summed E-state index contributed by atoms with van der Waals surface area (Å²) in [6, 6.07) is 9.91. The summed E-state index contributed by atoms with van der Waals surface area (Å²) in [6.45, 7) is 3.48. The van der Waals surface area contributed by atoms with Crippen LogP contribution in [0.2, 0.25) is 5.02 Å². The fourth-order valence-corrected chi connectivity index (χ4v) is 5.20. The molecule has 1 fully saturated rings. The van der Waals surface area contributed by atoms with Crippen LogP contribution in [0.25, 0.3) is 0 Å². The molecule has 194 valence electrons. The molecule has 0 bridgehead atoms. The highest BCUT2D eigenvalue weighted by molar-refractivity contribution is 7.86. The van der Waals surface area contributed by atoms with Crippen molar-refractivity contribution in [3.63, 3.8) is 0 Å². The van der Waals surface area contributed by atoms with Crippen molar-refractivity contribution in [1.29, 1.82) is 0 Å². The van der Waals surface area contributed by atoms with Crippen molar-refractivity contribution < 1.29 is 23.0 Å². The van der Waals surface area contributed by atoms with Gasteiger partial charge >= 0.3 is 0 Å². The highest BCUT2D eigenvalue weighted by Crippen LogP contribution is 2.25. The molecule has 36 heavy (non-hydrogen) atoms. The molecule has 10 heteroatoms. The van der Waals surface area contributed by atoms with Gasteiger partial charge in [-0.1, -0.05) is 48.6 Å². The molecule has 1 aliphatic rings. The Kier molecular flexibility index (Phi) is 10.0. The average Bonchev–Trinajstić information content (AvgIpc) is 2.83. The lowest BCUT2D eigenvalue weighted by Crippen LogP contribution is -2.52. The van der Waals surface area contributed by atoms with Gasteiger partial charge < -0.3 is 10.6 Å². The van der Waals surface area contributed by atoms with E-state index in [0.29, 0.717) is 5.69 Å². The largest absolute Gasteiger partial charge is 0.352 e. The standard InChI is InChI=1S/C26H31ClFN3O4S/c1-17-8-10-20(11-9-17)29-24(32)15-36(35)16-25(33)31(21-12-13-23(28)22(27)14-21)18(2)26(34)30-19-6-4-3-5-7-19/h8-14,18-19H,3-7,15-16H2,1-2H3,(H,29,32)(H,30,34)/t18-,36+/m0/s1. The van der Waals surface area contributed by atoms with Gasteiger partial charge in [-0.05, 0) is 57.0 Å². The molecule has 2 aromatic carbocycles. The average molecular weight is 536 g/mol. The number of rotatable bonds is 9. The number of nitrogens with zero attached hydrogens (tertiary/aromatic N) is 1. The third kappa shape index (κ3) is 7.86. The summed E-state index contributed by atoms with van der Waals surface area (Å²) in [6.07, 6.45) is 4.92.